The zero-order chi connectivity index (χ0) is 12.1. The number of hydrogen-bond donors (Lipinski definition) is 1. The van der Waals surface area contributed by atoms with E-state index >= 15 is 0 Å². The maximum Gasteiger partial charge on any atom is 0.123 e. The van der Waals surface area contributed by atoms with Crippen molar-refractivity contribution < 1.29 is 4.74 Å². The van der Waals surface area contributed by atoms with Gasteiger partial charge in [-0.3, -0.25) is 0 Å². The number of rotatable bonds is 7. The molecule has 94 valence electrons. The van der Waals surface area contributed by atoms with Crippen LogP contribution in [0.3, 0.4) is 0 Å². The number of hydrogen-bond acceptors (Lipinski definition) is 2. The van der Waals surface area contributed by atoms with E-state index in [2.05, 4.69) is 12.2 Å². The van der Waals surface area contributed by atoms with E-state index in [0.717, 1.165) is 41.9 Å². The standard InChI is InChI=1S/C14H20ClNO/c1-2-16-10-12-9-13(15)5-6-14(12)17-8-7-11-3-4-11/h5-6,9,11,16H,2-4,7-8,10H2,1H3. The Balaban J connectivity index is 1.92. The van der Waals surface area contributed by atoms with Gasteiger partial charge in [0.2, 0.25) is 0 Å². The molecule has 0 radical (unpaired) electrons. The van der Waals surface area contributed by atoms with E-state index in [0.29, 0.717) is 0 Å². The highest BCUT2D eigenvalue weighted by Gasteiger charge is 2.20. The van der Waals surface area contributed by atoms with Gasteiger partial charge in [0.25, 0.3) is 0 Å². The Morgan fingerprint density at radius 3 is 2.94 bits per heavy atom. The summed E-state index contributed by atoms with van der Waals surface area (Å²) in [4.78, 5) is 0. The average Bonchev–Trinajstić information content (AvgIpc) is 3.13. The van der Waals surface area contributed by atoms with Crippen LogP contribution in [0.1, 0.15) is 31.7 Å². The van der Waals surface area contributed by atoms with Gasteiger partial charge in [-0.05, 0) is 37.1 Å². The van der Waals surface area contributed by atoms with Crippen molar-refractivity contribution in [1.29, 1.82) is 0 Å². The van der Waals surface area contributed by atoms with E-state index in [4.69, 9.17) is 16.3 Å². The van der Waals surface area contributed by atoms with Gasteiger partial charge in [-0.25, -0.2) is 0 Å². The van der Waals surface area contributed by atoms with E-state index in [1.165, 1.54) is 19.3 Å². The molecule has 0 unspecified atom stereocenters. The van der Waals surface area contributed by atoms with Gasteiger partial charge in [0.1, 0.15) is 5.75 Å². The second-order valence-electron chi connectivity index (χ2n) is 4.61. The summed E-state index contributed by atoms with van der Waals surface area (Å²) in [5, 5.41) is 4.08. The molecule has 0 aliphatic heterocycles. The van der Waals surface area contributed by atoms with Crippen LogP contribution in [0.25, 0.3) is 0 Å². The van der Waals surface area contributed by atoms with Crippen LogP contribution >= 0.6 is 11.6 Å². The first-order valence-corrected chi connectivity index (χ1v) is 6.79. The predicted octanol–water partition coefficient (Wildman–Crippen LogP) is 3.63. The molecular weight excluding hydrogens is 234 g/mol. The monoisotopic (exact) mass is 253 g/mol. The number of benzene rings is 1. The van der Waals surface area contributed by atoms with E-state index in [-0.39, 0.29) is 0 Å². The molecule has 0 spiro atoms. The Labute approximate surface area is 108 Å². The van der Waals surface area contributed by atoms with Gasteiger partial charge in [0.15, 0.2) is 0 Å². The highest BCUT2D eigenvalue weighted by Crippen LogP contribution is 2.32. The normalized spacial score (nSPS) is 14.9. The van der Waals surface area contributed by atoms with Crippen molar-refractivity contribution in [2.45, 2.75) is 32.7 Å². The molecule has 0 aromatic heterocycles. The Morgan fingerprint density at radius 1 is 1.41 bits per heavy atom. The largest absolute Gasteiger partial charge is 0.493 e. The van der Waals surface area contributed by atoms with Gasteiger partial charge in [0.05, 0.1) is 6.61 Å². The van der Waals surface area contributed by atoms with E-state index < -0.39 is 0 Å². The molecule has 1 N–H and O–H groups in total. The van der Waals surface area contributed by atoms with Crippen LogP contribution in [-0.4, -0.2) is 13.2 Å². The molecule has 0 amide bonds. The molecular formula is C14H20ClNO. The molecule has 2 nitrogen and oxygen atoms in total. The van der Waals surface area contributed by atoms with Crippen molar-refractivity contribution in [2.24, 2.45) is 5.92 Å². The molecule has 0 atom stereocenters. The molecule has 1 saturated carbocycles. The third-order valence-electron chi connectivity index (χ3n) is 3.07. The Hall–Kier alpha value is -0.730. The van der Waals surface area contributed by atoms with Gasteiger partial charge in [-0.2, -0.15) is 0 Å². The fraction of sp³-hybridized carbons (Fsp3) is 0.571. The van der Waals surface area contributed by atoms with Crippen LogP contribution < -0.4 is 10.1 Å². The topological polar surface area (TPSA) is 21.3 Å². The summed E-state index contributed by atoms with van der Waals surface area (Å²) in [6, 6.07) is 5.85. The van der Waals surface area contributed by atoms with Crippen molar-refractivity contribution in [2.75, 3.05) is 13.2 Å². The van der Waals surface area contributed by atoms with Crippen molar-refractivity contribution in [1.82, 2.24) is 5.32 Å². The van der Waals surface area contributed by atoms with Crippen LogP contribution in [0.5, 0.6) is 5.75 Å². The Bertz CT molecular complexity index is 363. The smallest absolute Gasteiger partial charge is 0.123 e. The van der Waals surface area contributed by atoms with Crippen LogP contribution in [0.2, 0.25) is 5.02 Å². The lowest BCUT2D eigenvalue weighted by molar-refractivity contribution is 0.299. The zero-order valence-electron chi connectivity index (χ0n) is 10.3. The molecule has 0 heterocycles. The van der Waals surface area contributed by atoms with Crippen LogP contribution in [-0.2, 0) is 6.54 Å². The minimum atomic E-state index is 0.771. The summed E-state index contributed by atoms with van der Waals surface area (Å²) in [6.07, 6.45) is 3.95. The molecule has 0 bridgehead atoms. The van der Waals surface area contributed by atoms with Gasteiger partial charge in [0, 0.05) is 17.1 Å². The third kappa shape index (κ3) is 4.21. The SMILES string of the molecule is CCNCc1cc(Cl)ccc1OCCC1CC1. The first-order valence-electron chi connectivity index (χ1n) is 6.41. The highest BCUT2D eigenvalue weighted by atomic mass is 35.5. The minimum absolute atomic E-state index is 0.771. The zero-order valence-corrected chi connectivity index (χ0v) is 11.1. The fourth-order valence-electron chi connectivity index (χ4n) is 1.83. The average molecular weight is 254 g/mol. The molecule has 2 rings (SSSR count). The molecule has 3 heteroatoms. The summed E-state index contributed by atoms with van der Waals surface area (Å²) in [7, 11) is 0. The summed E-state index contributed by atoms with van der Waals surface area (Å²) < 4.78 is 5.84. The fourth-order valence-corrected chi connectivity index (χ4v) is 2.02. The predicted molar refractivity (Wildman–Crippen MR) is 71.7 cm³/mol. The molecule has 1 aromatic carbocycles. The van der Waals surface area contributed by atoms with Gasteiger partial charge in [-0.1, -0.05) is 31.4 Å². The van der Waals surface area contributed by atoms with E-state index in [1.54, 1.807) is 0 Å². The van der Waals surface area contributed by atoms with Gasteiger partial charge in [-0.15, -0.1) is 0 Å². The minimum Gasteiger partial charge on any atom is -0.493 e. The van der Waals surface area contributed by atoms with Crippen molar-refractivity contribution in [3.05, 3.63) is 28.8 Å². The van der Waals surface area contributed by atoms with E-state index in [1.807, 2.05) is 18.2 Å². The Morgan fingerprint density at radius 2 is 2.24 bits per heavy atom. The van der Waals surface area contributed by atoms with Crippen molar-refractivity contribution in [3.63, 3.8) is 0 Å². The summed E-state index contributed by atoms with van der Waals surface area (Å²) in [6.45, 7) is 4.69. The third-order valence-corrected chi connectivity index (χ3v) is 3.30. The first-order chi connectivity index (χ1) is 8.29. The molecule has 17 heavy (non-hydrogen) atoms. The van der Waals surface area contributed by atoms with Crippen molar-refractivity contribution >= 4 is 11.6 Å². The molecule has 0 saturated heterocycles. The van der Waals surface area contributed by atoms with Crippen LogP contribution in [0.4, 0.5) is 0 Å². The Kier molecular flexibility index (Phi) is 4.69. The molecule has 1 aliphatic carbocycles. The summed E-state index contributed by atoms with van der Waals surface area (Å²) in [5.74, 6) is 1.88. The molecule has 1 aliphatic rings. The second kappa shape index (κ2) is 6.27. The number of ether oxygens (including phenoxy) is 1. The maximum atomic E-state index is 6.01. The van der Waals surface area contributed by atoms with Gasteiger partial charge >= 0.3 is 0 Å². The molecule has 1 aromatic rings. The van der Waals surface area contributed by atoms with E-state index in [9.17, 15) is 0 Å². The number of nitrogens with one attached hydrogen (secondary N) is 1. The summed E-state index contributed by atoms with van der Waals surface area (Å²) in [5.41, 5.74) is 1.15. The lowest BCUT2D eigenvalue weighted by Gasteiger charge is -2.12. The van der Waals surface area contributed by atoms with Crippen LogP contribution in [0, 0.1) is 5.92 Å². The summed E-state index contributed by atoms with van der Waals surface area (Å²) >= 11 is 6.01. The molecule has 1 fully saturated rings. The van der Waals surface area contributed by atoms with Crippen molar-refractivity contribution in [3.8, 4) is 5.75 Å². The second-order valence-corrected chi connectivity index (χ2v) is 5.05. The number of halogens is 1. The highest BCUT2D eigenvalue weighted by molar-refractivity contribution is 6.30. The maximum absolute atomic E-state index is 6.01. The first kappa shape index (κ1) is 12.7. The van der Waals surface area contributed by atoms with Crippen LogP contribution in [0.15, 0.2) is 18.2 Å². The lowest BCUT2D eigenvalue weighted by Crippen LogP contribution is -2.13. The quantitative estimate of drug-likeness (QED) is 0.801. The van der Waals surface area contributed by atoms with Gasteiger partial charge < -0.3 is 10.1 Å². The lowest BCUT2D eigenvalue weighted by atomic mass is 10.2.